The number of ketones is 1. The number of Topliss-reactive ketones (excluding diaryl/α,β-unsaturated/α-hetero) is 1. The number of fused-ring (bicyclic) bond motifs is 2. The topological polar surface area (TPSA) is 80.8 Å². The molecular weight excluding hydrogens is 330 g/mol. The Morgan fingerprint density at radius 2 is 1.62 bits per heavy atom. The highest BCUT2D eigenvalue weighted by molar-refractivity contribution is 7.89. The molecule has 0 saturated carbocycles. The van der Waals surface area contributed by atoms with Gasteiger partial charge in [0.15, 0.2) is 0 Å². The third kappa shape index (κ3) is 2.46. The number of benzene rings is 1. The summed E-state index contributed by atoms with van der Waals surface area (Å²) in [5.41, 5.74) is 0.965. The van der Waals surface area contributed by atoms with Crippen LogP contribution in [0.25, 0.3) is 0 Å². The van der Waals surface area contributed by atoms with Crippen molar-refractivity contribution in [3.8, 4) is 0 Å². The first-order valence-electron chi connectivity index (χ1n) is 7.97. The van der Waals surface area contributed by atoms with Crippen LogP contribution in [0, 0.1) is 18.8 Å². The molecule has 7 heteroatoms. The Bertz CT molecular complexity index is 771. The number of hydrogen-bond acceptors (Lipinski definition) is 5. The van der Waals surface area contributed by atoms with Crippen LogP contribution in [0.5, 0.6) is 0 Å². The van der Waals surface area contributed by atoms with Crippen molar-refractivity contribution >= 4 is 21.8 Å². The fourth-order valence-electron chi connectivity index (χ4n) is 4.15. The fourth-order valence-corrected chi connectivity index (χ4v) is 6.06. The van der Waals surface area contributed by atoms with Gasteiger partial charge in [0.2, 0.25) is 10.0 Å². The second kappa shape index (κ2) is 5.97. The van der Waals surface area contributed by atoms with E-state index in [1.807, 2.05) is 6.92 Å². The minimum atomic E-state index is -3.76. The molecule has 0 aliphatic carbocycles. The van der Waals surface area contributed by atoms with E-state index in [2.05, 4.69) is 0 Å². The lowest BCUT2D eigenvalue weighted by atomic mass is 9.77. The van der Waals surface area contributed by atoms with Crippen molar-refractivity contribution in [1.29, 1.82) is 0 Å². The first kappa shape index (κ1) is 17.1. The molecule has 3 rings (SSSR count). The van der Waals surface area contributed by atoms with Crippen molar-refractivity contribution in [3.05, 3.63) is 29.8 Å². The average molecular weight is 351 g/mol. The van der Waals surface area contributed by atoms with Gasteiger partial charge in [-0.15, -0.1) is 0 Å². The molecule has 0 aromatic heterocycles. The molecule has 0 unspecified atom stereocenters. The van der Waals surface area contributed by atoms with Gasteiger partial charge in [-0.05, 0) is 38.8 Å². The van der Waals surface area contributed by atoms with Crippen LogP contribution in [0.15, 0.2) is 29.2 Å². The zero-order valence-electron chi connectivity index (χ0n) is 13.9. The average Bonchev–Trinajstić information content (AvgIpc) is 3.11. The van der Waals surface area contributed by atoms with E-state index in [4.69, 9.17) is 4.74 Å². The summed E-state index contributed by atoms with van der Waals surface area (Å²) in [7, 11) is -2.49. The molecule has 24 heavy (non-hydrogen) atoms. The predicted molar refractivity (Wildman–Crippen MR) is 86.7 cm³/mol. The van der Waals surface area contributed by atoms with E-state index in [1.54, 1.807) is 24.3 Å². The SMILES string of the molecule is COC(=O)[C@H]1[C@@H](C(C)=O)[C@H]2CC[C@H]1N2S(=O)(=O)c1ccc(C)cc1. The maximum atomic E-state index is 13.1. The smallest absolute Gasteiger partial charge is 0.311 e. The molecule has 2 aliphatic rings. The standard InChI is InChI=1S/C17H21NO5S/c1-10-4-6-12(7-5-10)24(21,22)18-13-8-9-14(18)16(17(20)23-3)15(13)11(2)19/h4-7,13-16H,8-9H2,1-3H3/t13-,14-,15+,16-/m1/s1. The zero-order valence-corrected chi connectivity index (χ0v) is 14.7. The molecule has 130 valence electrons. The normalized spacial score (nSPS) is 29.6. The molecule has 6 nitrogen and oxygen atoms in total. The summed E-state index contributed by atoms with van der Waals surface area (Å²) in [6.07, 6.45) is 1.16. The minimum absolute atomic E-state index is 0.165. The molecule has 1 aromatic rings. The number of carbonyl (C=O) groups is 2. The molecule has 0 amide bonds. The number of rotatable bonds is 4. The summed E-state index contributed by atoms with van der Waals surface area (Å²) in [5.74, 6) is -2.02. The number of sulfonamides is 1. The van der Waals surface area contributed by atoms with Gasteiger partial charge in [-0.25, -0.2) is 8.42 Å². The van der Waals surface area contributed by atoms with E-state index < -0.39 is 39.9 Å². The summed E-state index contributed by atoms with van der Waals surface area (Å²) < 4.78 is 32.4. The molecule has 2 fully saturated rings. The summed E-state index contributed by atoms with van der Waals surface area (Å²) in [4.78, 5) is 24.5. The van der Waals surface area contributed by atoms with Crippen molar-refractivity contribution in [1.82, 2.24) is 4.31 Å². The van der Waals surface area contributed by atoms with Gasteiger partial charge < -0.3 is 4.74 Å². The second-order valence-electron chi connectivity index (χ2n) is 6.55. The number of hydrogen-bond donors (Lipinski definition) is 0. The third-order valence-corrected chi connectivity index (χ3v) is 7.13. The third-order valence-electron chi connectivity index (χ3n) is 5.17. The molecule has 0 spiro atoms. The molecule has 1 aromatic carbocycles. The van der Waals surface area contributed by atoms with Gasteiger partial charge >= 0.3 is 5.97 Å². The Hall–Kier alpha value is -1.73. The maximum absolute atomic E-state index is 13.1. The van der Waals surface area contributed by atoms with Gasteiger partial charge in [-0.1, -0.05) is 17.7 Å². The Balaban J connectivity index is 2.04. The van der Waals surface area contributed by atoms with Crippen molar-refractivity contribution in [2.45, 2.75) is 43.7 Å². The Morgan fingerprint density at radius 1 is 1.08 bits per heavy atom. The first-order chi connectivity index (χ1) is 11.3. The lowest BCUT2D eigenvalue weighted by Crippen LogP contribution is -2.38. The van der Waals surface area contributed by atoms with E-state index in [0.717, 1.165) is 5.56 Å². The van der Waals surface area contributed by atoms with Crippen LogP contribution in [-0.4, -0.2) is 43.7 Å². The lowest BCUT2D eigenvalue weighted by molar-refractivity contribution is -0.150. The minimum Gasteiger partial charge on any atom is -0.469 e. The van der Waals surface area contributed by atoms with Gasteiger partial charge in [0.1, 0.15) is 5.78 Å². The number of aryl methyl sites for hydroxylation is 1. The molecule has 2 aliphatic heterocycles. The van der Waals surface area contributed by atoms with E-state index in [1.165, 1.54) is 18.3 Å². The number of ether oxygens (including phenoxy) is 1. The van der Waals surface area contributed by atoms with E-state index >= 15 is 0 Å². The highest BCUT2D eigenvalue weighted by Crippen LogP contribution is 2.49. The molecule has 0 N–H and O–H groups in total. The van der Waals surface area contributed by atoms with Gasteiger partial charge in [0.25, 0.3) is 0 Å². The number of nitrogens with zero attached hydrogens (tertiary/aromatic N) is 1. The maximum Gasteiger partial charge on any atom is 0.311 e. The highest BCUT2D eigenvalue weighted by atomic mass is 32.2. The number of esters is 1. The Kier molecular flexibility index (Phi) is 4.25. The Labute approximate surface area is 141 Å². The molecule has 4 atom stereocenters. The molecule has 2 bridgehead atoms. The molecular formula is C17H21NO5S. The number of carbonyl (C=O) groups excluding carboxylic acids is 2. The summed E-state index contributed by atoms with van der Waals surface area (Å²) in [5, 5.41) is 0. The van der Waals surface area contributed by atoms with Gasteiger partial charge in [0, 0.05) is 18.0 Å². The molecule has 2 saturated heterocycles. The summed E-state index contributed by atoms with van der Waals surface area (Å²) >= 11 is 0. The zero-order chi connectivity index (χ0) is 17.6. The van der Waals surface area contributed by atoms with Crippen molar-refractivity contribution in [3.63, 3.8) is 0 Å². The van der Waals surface area contributed by atoms with Crippen LogP contribution in [0.2, 0.25) is 0 Å². The Morgan fingerprint density at radius 3 is 2.12 bits per heavy atom. The summed E-state index contributed by atoms with van der Waals surface area (Å²) in [6.45, 7) is 3.30. The molecule has 0 radical (unpaired) electrons. The lowest BCUT2D eigenvalue weighted by Gasteiger charge is -2.24. The van der Waals surface area contributed by atoms with Crippen molar-refractivity contribution < 1.29 is 22.7 Å². The van der Waals surface area contributed by atoms with Crippen molar-refractivity contribution in [2.24, 2.45) is 11.8 Å². The van der Waals surface area contributed by atoms with E-state index in [-0.39, 0.29) is 10.7 Å². The highest BCUT2D eigenvalue weighted by Gasteiger charge is 2.61. The quantitative estimate of drug-likeness (QED) is 0.769. The van der Waals surface area contributed by atoms with Gasteiger partial charge in [-0.3, -0.25) is 9.59 Å². The van der Waals surface area contributed by atoms with Crippen LogP contribution >= 0.6 is 0 Å². The van der Waals surface area contributed by atoms with Gasteiger partial charge in [-0.2, -0.15) is 4.31 Å². The second-order valence-corrected chi connectivity index (χ2v) is 8.39. The van der Waals surface area contributed by atoms with Crippen LogP contribution in [0.1, 0.15) is 25.3 Å². The van der Waals surface area contributed by atoms with Crippen LogP contribution in [-0.2, 0) is 24.3 Å². The number of methoxy groups -OCH3 is 1. The first-order valence-corrected chi connectivity index (χ1v) is 9.41. The van der Waals surface area contributed by atoms with Crippen LogP contribution < -0.4 is 0 Å². The summed E-state index contributed by atoms with van der Waals surface area (Å²) in [6, 6.07) is 5.64. The predicted octanol–water partition coefficient (Wildman–Crippen LogP) is 1.52. The van der Waals surface area contributed by atoms with Crippen LogP contribution in [0.3, 0.4) is 0 Å². The largest absolute Gasteiger partial charge is 0.469 e. The molecule has 2 heterocycles. The van der Waals surface area contributed by atoms with Crippen molar-refractivity contribution in [2.75, 3.05) is 7.11 Å². The van der Waals surface area contributed by atoms with Gasteiger partial charge in [0.05, 0.1) is 17.9 Å². The van der Waals surface area contributed by atoms with E-state index in [0.29, 0.717) is 12.8 Å². The fraction of sp³-hybridized carbons (Fsp3) is 0.529. The van der Waals surface area contributed by atoms with Crippen LogP contribution in [0.4, 0.5) is 0 Å². The monoisotopic (exact) mass is 351 g/mol. The van der Waals surface area contributed by atoms with E-state index in [9.17, 15) is 18.0 Å².